The third-order valence-corrected chi connectivity index (χ3v) is 6.52. The number of rotatable bonds is 5. The molecule has 28 heavy (non-hydrogen) atoms. The van der Waals surface area contributed by atoms with E-state index in [9.17, 15) is 14.4 Å². The first-order chi connectivity index (χ1) is 13.6. The third-order valence-electron chi connectivity index (χ3n) is 5.31. The minimum absolute atomic E-state index is 0.0272. The zero-order chi connectivity index (χ0) is 19.5. The van der Waals surface area contributed by atoms with Crippen LogP contribution in [0, 0.1) is 0 Å². The highest BCUT2D eigenvalue weighted by atomic mass is 32.1. The summed E-state index contributed by atoms with van der Waals surface area (Å²) in [4.78, 5) is 39.6. The molecule has 2 heterocycles. The topological polar surface area (TPSA) is 79.7 Å². The van der Waals surface area contributed by atoms with E-state index >= 15 is 0 Å². The van der Waals surface area contributed by atoms with Crippen LogP contribution < -0.4 is 15.5 Å². The van der Waals surface area contributed by atoms with Gasteiger partial charge in [0.25, 0.3) is 11.8 Å². The highest BCUT2D eigenvalue weighted by molar-refractivity contribution is 7.17. The van der Waals surface area contributed by atoms with E-state index in [0.717, 1.165) is 42.7 Å². The van der Waals surface area contributed by atoms with Crippen LogP contribution in [-0.4, -0.2) is 43.8 Å². The van der Waals surface area contributed by atoms with Crippen molar-refractivity contribution in [2.45, 2.75) is 25.7 Å². The quantitative estimate of drug-likeness (QED) is 0.652. The van der Waals surface area contributed by atoms with E-state index in [1.807, 2.05) is 30.3 Å². The van der Waals surface area contributed by atoms with Crippen LogP contribution in [0.4, 0.5) is 5.00 Å². The average molecular weight is 399 g/mol. The van der Waals surface area contributed by atoms with Crippen molar-refractivity contribution < 1.29 is 19.3 Å². The highest BCUT2D eigenvalue weighted by Crippen LogP contribution is 2.39. The fourth-order valence-electron chi connectivity index (χ4n) is 3.93. The number of nitrogens with one attached hydrogen (secondary N) is 3. The van der Waals surface area contributed by atoms with Crippen LogP contribution in [0.25, 0.3) is 0 Å². The molecule has 4 rings (SSSR count). The lowest BCUT2D eigenvalue weighted by molar-refractivity contribution is -0.885. The molecule has 1 unspecified atom stereocenters. The first-order valence-corrected chi connectivity index (χ1v) is 10.6. The Morgan fingerprint density at radius 3 is 2.71 bits per heavy atom. The number of amides is 2. The smallest absolute Gasteiger partial charge is 0.280 e. The molecule has 3 N–H and O–H groups in total. The third kappa shape index (κ3) is 4.00. The summed E-state index contributed by atoms with van der Waals surface area (Å²) in [6.45, 7) is 1.86. The van der Waals surface area contributed by atoms with Gasteiger partial charge in [-0.25, -0.2) is 0 Å². The number of aryl methyl sites for hydroxylation is 1. The fourth-order valence-corrected chi connectivity index (χ4v) is 5.24. The molecule has 1 aromatic carbocycles. The van der Waals surface area contributed by atoms with Crippen molar-refractivity contribution >= 4 is 33.9 Å². The molecule has 1 aliphatic heterocycles. The van der Waals surface area contributed by atoms with Gasteiger partial charge in [-0.05, 0) is 31.2 Å². The summed E-state index contributed by atoms with van der Waals surface area (Å²) in [7, 11) is 0. The SMILES string of the molecule is O=C1C[NH+](CC(=O)Nc2sc3c(c2C(=O)c2ccccc2)CCCC3)CCN1. The molecule has 146 valence electrons. The summed E-state index contributed by atoms with van der Waals surface area (Å²) in [6, 6.07) is 9.23. The van der Waals surface area contributed by atoms with Crippen LogP contribution in [0.1, 0.15) is 39.2 Å². The number of anilines is 1. The Morgan fingerprint density at radius 2 is 1.93 bits per heavy atom. The number of thiophene rings is 1. The van der Waals surface area contributed by atoms with Crippen molar-refractivity contribution in [3.63, 3.8) is 0 Å². The molecule has 2 aliphatic rings. The highest BCUT2D eigenvalue weighted by Gasteiger charge is 2.28. The summed E-state index contributed by atoms with van der Waals surface area (Å²) in [6.07, 6.45) is 4.03. The molecular formula is C21H24N3O3S+. The van der Waals surface area contributed by atoms with Gasteiger partial charge in [-0.15, -0.1) is 11.3 Å². The molecule has 7 heteroatoms. The molecule has 0 saturated carbocycles. The number of quaternary nitrogens is 1. The minimum Gasteiger partial charge on any atom is -0.346 e. The summed E-state index contributed by atoms with van der Waals surface area (Å²) < 4.78 is 0. The molecule has 1 saturated heterocycles. The van der Waals surface area contributed by atoms with Crippen LogP contribution in [0.5, 0.6) is 0 Å². The van der Waals surface area contributed by atoms with Crippen LogP contribution in [0.2, 0.25) is 0 Å². The molecule has 1 fully saturated rings. The van der Waals surface area contributed by atoms with Gasteiger partial charge in [0.05, 0.1) is 18.7 Å². The van der Waals surface area contributed by atoms with Crippen LogP contribution in [-0.2, 0) is 22.4 Å². The Hall–Kier alpha value is -2.51. The van der Waals surface area contributed by atoms with Gasteiger partial charge in [0.1, 0.15) is 5.00 Å². The second-order valence-electron chi connectivity index (χ2n) is 7.36. The number of piperazine rings is 1. The lowest BCUT2D eigenvalue weighted by atomic mass is 9.92. The summed E-state index contributed by atoms with van der Waals surface area (Å²) in [5.41, 5.74) is 2.40. The summed E-state index contributed by atoms with van der Waals surface area (Å²) >= 11 is 1.53. The maximum Gasteiger partial charge on any atom is 0.280 e. The molecule has 2 aromatic rings. The van der Waals surface area contributed by atoms with Crippen LogP contribution in [0.15, 0.2) is 30.3 Å². The van der Waals surface area contributed by atoms with Gasteiger partial charge in [0, 0.05) is 10.4 Å². The van der Waals surface area contributed by atoms with Crippen LogP contribution in [0.3, 0.4) is 0 Å². The molecule has 1 aliphatic carbocycles. The van der Waals surface area contributed by atoms with Gasteiger partial charge < -0.3 is 15.5 Å². The molecule has 1 aromatic heterocycles. The van der Waals surface area contributed by atoms with Crippen LogP contribution >= 0.6 is 11.3 Å². The van der Waals surface area contributed by atoms with E-state index in [-0.39, 0.29) is 24.1 Å². The fraction of sp³-hybridized carbons (Fsp3) is 0.381. The molecular weight excluding hydrogens is 374 g/mol. The average Bonchev–Trinajstić information content (AvgIpc) is 3.05. The predicted molar refractivity (Wildman–Crippen MR) is 108 cm³/mol. The minimum atomic E-state index is -0.148. The number of benzene rings is 1. The first kappa shape index (κ1) is 18.8. The van der Waals surface area contributed by atoms with Gasteiger partial charge >= 0.3 is 0 Å². The van der Waals surface area contributed by atoms with Gasteiger partial charge in [0.15, 0.2) is 18.9 Å². The van der Waals surface area contributed by atoms with E-state index in [2.05, 4.69) is 10.6 Å². The normalized spacial score (nSPS) is 18.9. The van der Waals surface area contributed by atoms with E-state index < -0.39 is 0 Å². The largest absolute Gasteiger partial charge is 0.346 e. The number of fused-ring (bicyclic) bond motifs is 1. The Bertz CT molecular complexity index is 907. The van der Waals surface area contributed by atoms with Crippen molar-refractivity contribution in [2.75, 3.05) is 31.5 Å². The summed E-state index contributed by atoms with van der Waals surface area (Å²) in [5.74, 6) is -0.203. The van der Waals surface area contributed by atoms with Gasteiger partial charge in [-0.3, -0.25) is 14.4 Å². The molecule has 0 spiro atoms. The van der Waals surface area contributed by atoms with E-state index in [4.69, 9.17) is 0 Å². The standard InChI is InChI=1S/C21H23N3O3S/c25-17-12-24(11-10-22-17)13-18(26)23-21-19(15-8-4-5-9-16(15)28-21)20(27)14-6-2-1-3-7-14/h1-3,6-7H,4-5,8-13H2,(H,22,25)(H,23,26)/p+1. The van der Waals surface area contributed by atoms with Crippen molar-refractivity contribution in [3.8, 4) is 0 Å². The maximum absolute atomic E-state index is 13.2. The van der Waals surface area contributed by atoms with Crippen molar-refractivity contribution in [1.29, 1.82) is 0 Å². The van der Waals surface area contributed by atoms with E-state index in [0.29, 0.717) is 29.2 Å². The van der Waals surface area contributed by atoms with E-state index in [1.165, 1.54) is 16.2 Å². The zero-order valence-corrected chi connectivity index (χ0v) is 16.5. The second kappa shape index (κ2) is 8.24. The molecule has 2 amide bonds. The molecule has 1 atom stereocenters. The van der Waals surface area contributed by atoms with Gasteiger partial charge in [-0.2, -0.15) is 0 Å². The molecule has 0 radical (unpaired) electrons. The molecule has 0 bridgehead atoms. The van der Waals surface area contributed by atoms with Gasteiger partial charge in [0.2, 0.25) is 0 Å². The number of hydrogen-bond acceptors (Lipinski definition) is 4. The Labute approximate surface area is 167 Å². The first-order valence-electron chi connectivity index (χ1n) is 9.76. The second-order valence-corrected chi connectivity index (χ2v) is 8.47. The number of carbonyl (C=O) groups excluding carboxylic acids is 3. The lowest BCUT2D eigenvalue weighted by Gasteiger charge is -2.22. The van der Waals surface area contributed by atoms with Gasteiger partial charge in [-0.1, -0.05) is 30.3 Å². The Kier molecular flexibility index (Phi) is 5.54. The lowest BCUT2D eigenvalue weighted by Crippen LogP contribution is -3.16. The Balaban J connectivity index is 1.58. The Morgan fingerprint density at radius 1 is 1.14 bits per heavy atom. The van der Waals surface area contributed by atoms with Crippen molar-refractivity contribution in [2.24, 2.45) is 0 Å². The van der Waals surface area contributed by atoms with Crippen molar-refractivity contribution in [3.05, 3.63) is 51.9 Å². The number of ketones is 1. The number of hydrogen-bond donors (Lipinski definition) is 3. The maximum atomic E-state index is 13.2. The number of carbonyl (C=O) groups is 3. The van der Waals surface area contributed by atoms with Crippen molar-refractivity contribution in [1.82, 2.24) is 5.32 Å². The molecule has 6 nitrogen and oxygen atoms in total. The summed E-state index contributed by atoms with van der Waals surface area (Å²) in [5, 5.41) is 6.42. The van der Waals surface area contributed by atoms with E-state index in [1.54, 1.807) is 0 Å². The zero-order valence-electron chi connectivity index (χ0n) is 15.7. The monoisotopic (exact) mass is 398 g/mol. The predicted octanol–water partition coefficient (Wildman–Crippen LogP) is 0.811.